The molecule has 7 rings (SSSR count). The third kappa shape index (κ3) is 5.40. The molecule has 0 aromatic heterocycles. The third-order valence-electron chi connectivity index (χ3n) is 12.1. The van der Waals surface area contributed by atoms with E-state index >= 15 is 0 Å². The third-order valence-corrected chi connectivity index (χ3v) is 12.1. The van der Waals surface area contributed by atoms with Crippen molar-refractivity contribution in [2.75, 3.05) is 18.0 Å². The number of carbonyl (C=O) groups excluding carboxylic acids is 1. The summed E-state index contributed by atoms with van der Waals surface area (Å²) >= 11 is 0. The Morgan fingerprint density at radius 1 is 0.804 bits per heavy atom. The fourth-order valence-corrected chi connectivity index (χ4v) is 9.34. The highest BCUT2D eigenvalue weighted by molar-refractivity contribution is 6.24. The second kappa shape index (κ2) is 12.3. The fourth-order valence-electron chi connectivity index (χ4n) is 9.34. The molecule has 1 N–H and O–H groups in total. The zero-order valence-electron chi connectivity index (χ0n) is 28.6. The van der Waals surface area contributed by atoms with Gasteiger partial charge in [0.25, 0.3) is 0 Å². The molecule has 4 nitrogen and oxygen atoms in total. The van der Waals surface area contributed by atoms with Crippen LogP contribution in [0.2, 0.25) is 0 Å². The molecule has 3 aliphatic carbocycles. The predicted octanol–water partition coefficient (Wildman–Crippen LogP) is 10.0. The van der Waals surface area contributed by atoms with Gasteiger partial charge in [-0.1, -0.05) is 102 Å². The number of nitrogens with zero attached hydrogens (tertiary/aromatic N) is 2. The van der Waals surface area contributed by atoms with E-state index in [1.165, 1.54) is 86.7 Å². The normalized spacial score (nSPS) is 24.1. The van der Waals surface area contributed by atoms with Crippen LogP contribution >= 0.6 is 0 Å². The van der Waals surface area contributed by atoms with E-state index in [9.17, 15) is 9.90 Å². The number of fused-ring (bicyclic) bond motifs is 2. The Balaban J connectivity index is 1.20. The first-order valence-electron chi connectivity index (χ1n) is 18.2. The van der Waals surface area contributed by atoms with Gasteiger partial charge in [0, 0.05) is 47.5 Å². The summed E-state index contributed by atoms with van der Waals surface area (Å²) in [5.41, 5.74) is 7.68. The molecule has 242 valence electrons. The Hall–Kier alpha value is -3.40. The first-order valence-corrected chi connectivity index (χ1v) is 18.2. The van der Waals surface area contributed by atoms with Crippen molar-refractivity contribution >= 4 is 22.9 Å². The van der Waals surface area contributed by atoms with Gasteiger partial charge < -0.3 is 10.0 Å². The van der Waals surface area contributed by atoms with Gasteiger partial charge in [-0.25, -0.2) is 0 Å². The maximum Gasteiger partial charge on any atom is 0.209 e. The molecule has 0 saturated heterocycles. The zero-order chi connectivity index (χ0) is 32.1. The molecule has 46 heavy (non-hydrogen) atoms. The molecule has 0 spiro atoms. The number of carbonyl (C=O) groups is 1. The predicted molar refractivity (Wildman–Crippen MR) is 189 cm³/mol. The van der Waals surface area contributed by atoms with Gasteiger partial charge in [-0.2, -0.15) is 4.58 Å². The molecule has 2 saturated carbocycles. The maximum atomic E-state index is 13.9. The van der Waals surface area contributed by atoms with Crippen LogP contribution in [0.3, 0.4) is 0 Å². The van der Waals surface area contributed by atoms with Crippen LogP contribution in [0.15, 0.2) is 83.3 Å². The second-order valence-electron chi connectivity index (χ2n) is 15.7. The average Bonchev–Trinajstić information content (AvgIpc) is 3.84. The average molecular weight is 618 g/mol. The molecule has 0 atom stereocenters. The van der Waals surface area contributed by atoms with E-state index in [0.29, 0.717) is 11.1 Å². The van der Waals surface area contributed by atoms with Crippen LogP contribution in [-0.2, 0) is 15.6 Å². The number of para-hydroxylation sites is 2. The molecular formula is C42H53N2O2+. The molecule has 2 heterocycles. The van der Waals surface area contributed by atoms with Crippen LogP contribution in [0.4, 0.5) is 11.4 Å². The van der Waals surface area contributed by atoms with Crippen LogP contribution < -0.4 is 4.90 Å². The molecule has 2 aliphatic heterocycles. The number of allylic oxidation sites excluding steroid dienone is 5. The molecule has 5 aliphatic rings. The lowest BCUT2D eigenvalue weighted by Gasteiger charge is -2.29. The number of aliphatic hydroxyl groups excluding tert-OH is 1. The van der Waals surface area contributed by atoms with Crippen molar-refractivity contribution in [3.8, 4) is 0 Å². The van der Waals surface area contributed by atoms with Gasteiger partial charge in [-0.15, -0.1) is 0 Å². The molecule has 0 radical (unpaired) electrons. The number of benzene rings is 2. The second-order valence-corrected chi connectivity index (χ2v) is 15.7. The summed E-state index contributed by atoms with van der Waals surface area (Å²) in [6, 6.07) is 17.3. The Labute approximate surface area is 276 Å². The summed E-state index contributed by atoms with van der Waals surface area (Å²) < 4.78 is 2.43. The van der Waals surface area contributed by atoms with E-state index in [1.54, 1.807) is 0 Å². The number of Topliss-reactive ketones (excluding diaryl/α,β-unsaturated/α-hetero) is 1. The van der Waals surface area contributed by atoms with Crippen LogP contribution in [0, 0.1) is 11.8 Å². The van der Waals surface area contributed by atoms with Gasteiger partial charge in [0.15, 0.2) is 5.71 Å². The van der Waals surface area contributed by atoms with Gasteiger partial charge in [0.2, 0.25) is 11.5 Å². The van der Waals surface area contributed by atoms with Crippen LogP contribution in [0.1, 0.15) is 116 Å². The van der Waals surface area contributed by atoms with Crippen LogP contribution in [0.25, 0.3) is 0 Å². The highest BCUT2D eigenvalue weighted by atomic mass is 16.3. The quantitative estimate of drug-likeness (QED) is 0.213. The Kier molecular flexibility index (Phi) is 8.36. The van der Waals surface area contributed by atoms with Gasteiger partial charge in [-0.3, -0.25) is 4.79 Å². The smallest absolute Gasteiger partial charge is 0.209 e. The number of ketones is 1. The molecule has 2 fully saturated rings. The lowest BCUT2D eigenvalue weighted by atomic mass is 9.77. The number of rotatable bonds is 10. The highest BCUT2D eigenvalue weighted by Crippen LogP contribution is 2.49. The summed E-state index contributed by atoms with van der Waals surface area (Å²) in [5, 5.41) is 11.5. The lowest BCUT2D eigenvalue weighted by molar-refractivity contribution is -0.438. The monoisotopic (exact) mass is 617 g/mol. The summed E-state index contributed by atoms with van der Waals surface area (Å²) in [4.78, 5) is 16.4. The minimum atomic E-state index is -0.253. The van der Waals surface area contributed by atoms with Gasteiger partial charge in [0.05, 0.1) is 16.6 Å². The molecule has 2 aromatic carbocycles. The Morgan fingerprint density at radius 3 is 2.09 bits per heavy atom. The summed E-state index contributed by atoms with van der Waals surface area (Å²) in [6.07, 6.45) is 19.8. The van der Waals surface area contributed by atoms with Crippen molar-refractivity contribution in [1.29, 1.82) is 0 Å². The molecule has 4 heteroatoms. The largest absolute Gasteiger partial charge is 0.506 e. The van der Waals surface area contributed by atoms with Crippen molar-refractivity contribution in [3.63, 3.8) is 0 Å². The van der Waals surface area contributed by atoms with Crippen LogP contribution in [0.5, 0.6) is 0 Å². The SMILES string of the molecule is CC1(C)C(/C=C2/C(=O)C(/C=C3\N(CCCC4CCCC4)c4ccccc4C3(C)C)=C2O)=[N+](CCCC2CCCC2)c2ccccc21. The molecule has 0 bridgehead atoms. The van der Waals surface area contributed by atoms with Gasteiger partial charge in [0.1, 0.15) is 12.3 Å². The van der Waals surface area contributed by atoms with Gasteiger partial charge >= 0.3 is 0 Å². The Morgan fingerprint density at radius 2 is 1.41 bits per heavy atom. The van der Waals surface area contributed by atoms with Crippen molar-refractivity contribution in [3.05, 3.63) is 94.4 Å². The molecule has 0 unspecified atom stereocenters. The summed E-state index contributed by atoms with van der Waals surface area (Å²) in [6.45, 7) is 10.9. The minimum Gasteiger partial charge on any atom is -0.506 e. The molecule has 2 aromatic rings. The number of hydrogen-bond donors (Lipinski definition) is 1. The van der Waals surface area contributed by atoms with Crippen molar-refractivity contribution < 1.29 is 14.5 Å². The van der Waals surface area contributed by atoms with E-state index in [0.717, 1.165) is 49.2 Å². The zero-order valence-corrected chi connectivity index (χ0v) is 28.6. The minimum absolute atomic E-state index is 0.0483. The van der Waals surface area contributed by atoms with Crippen molar-refractivity contribution in [1.82, 2.24) is 0 Å². The first-order chi connectivity index (χ1) is 22.2. The van der Waals surface area contributed by atoms with E-state index in [2.05, 4.69) is 85.7 Å². The lowest BCUT2D eigenvalue weighted by Crippen LogP contribution is -2.32. The van der Waals surface area contributed by atoms with Gasteiger partial charge in [-0.05, 0) is 62.7 Å². The molecular weight excluding hydrogens is 564 g/mol. The molecule has 0 amide bonds. The fraction of sp³-hybridized carbons (Fsp3) is 0.524. The van der Waals surface area contributed by atoms with Crippen LogP contribution in [-0.4, -0.2) is 34.3 Å². The summed E-state index contributed by atoms with van der Waals surface area (Å²) in [5.74, 6) is 1.81. The topological polar surface area (TPSA) is 43.6 Å². The van der Waals surface area contributed by atoms with E-state index in [1.807, 2.05) is 12.2 Å². The van der Waals surface area contributed by atoms with Crippen molar-refractivity contribution in [2.24, 2.45) is 11.8 Å². The van der Waals surface area contributed by atoms with E-state index in [4.69, 9.17) is 0 Å². The number of hydrogen-bond acceptors (Lipinski definition) is 3. The standard InChI is InChI=1S/C42H52N2O2/c1-41(2)33-21-9-11-23-35(33)43(25-13-19-29-15-5-6-16-29)37(41)27-31-39(45)32(40(31)46)28-38-42(3,4)34-22-10-12-24-36(34)44(38)26-14-20-30-17-7-8-18-30/h9-12,21-24,27-30H,5-8,13-20,25-26H2,1-4H3/p+1. The van der Waals surface area contributed by atoms with Crippen molar-refractivity contribution in [2.45, 2.75) is 116 Å². The summed E-state index contributed by atoms with van der Waals surface area (Å²) in [7, 11) is 0. The Bertz CT molecular complexity index is 1640. The highest BCUT2D eigenvalue weighted by Gasteiger charge is 2.47. The first kappa shape index (κ1) is 31.2. The number of anilines is 1. The number of aliphatic hydroxyl groups is 1. The van der Waals surface area contributed by atoms with E-state index < -0.39 is 0 Å². The van der Waals surface area contributed by atoms with E-state index in [-0.39, 0.29) is 22.4 Å². The maximum absolute atomic E-state index is 13.9.